The van der Waals surface area contributed by atoms with Crippen LogP contribution in [0.25, 0.3) is 0 Å². The summed E-state index contributed by atoms with van der Waals surface area (Å²) in [5, 5.41) is 3.67. The molecule has 2 saturated heterocycles. The molecule has 3 heterocycles. The summed E-state index contributed by atoms with van der Waals surface area (Å²) in [6.07, 6.45) is 10.1. The van der Waals surface area contributed by atoms with Gasteiger partial charge in [-0.2, -0.15) is 15.0 Å². The fraction of sp³-hybridized carbons (Fsp3) is 0.917. The van der Waals surface area contributed by atoms with Gasteiger partial charge in [-0.1, -0.05) is 45.8 Å². The summed E-state index contributed by atoms with van der Waals surface area (Å²) in [6.45, 7) is 31.4. The SMILES string of the molecule is CCCCN(c1nc(NCCC[Si](C)C)nc(N(CCCC)C2CC(C)(C)N(C)C(C)(C)C2)n1)C1CC(C)(C)N(C)C(C)(C)C1. The molecule has 0 aromatic carbocycles. The molecule has 0 aliphatic carbocycles. The zero-order valence-electron chi connectivity index (χ0n) is 32.0. The van der Waals surface area contributed by atoms with E-state index < -0.39 is 0 Å². The van der Waals surface area contributed by atoms with Crippen LogP contribution in [0.15, 0.2) is 0 Å². The lowest BCUT2D eigenvalue weighted by Gasteiger charge is -2.56. The van der Waals surface area contributed by atoms with Crippen LogP contribution in [0.5, 0.6) is 0 Å². The lowest BCUT2D eigenvalue weighted by atomic mass is 9.77. The van der Waals surface area contributed by atoms with Crippen molar-refractivity contribution in [2.24, 2.45) is 0 Å². The second-order valence-electron chi connectivity index (χ2n) is 17.1. The van der Waals surface area contributed by atoms with Gasteiger partial charge in [0.25, 0.3) is 0 Å². The Balaban J connectivity index is 2.12. The smallest absolute Gasteiger partial charge is 0.232 e. The van der Waals surface area contributed by atoms with Crippen LogP contribution in [-0.2, 0) is 0 Å². The normalized spacial score (nSPS) is 22.1. The van der Waals surface area contributed by atoms with Gasteiger partial charge < -0.3 is 15.1 Å². The Hall–Kier alpha value is -1.45. The van der Waals surface area contributed by atoms with Gasteiger partial charge in [-0.25, -0.2) is 0 Å². The minimum atomic E-state index is -0.250. The van der Waals surface area contributed by atoms with Crippen LogP contribution in [0, 0.1) is 0 Å². The highest BCUT2D eigenvalue weighted by Crippen LogP contribution is 2.42. The van der Waals surface area contributed by atoms with E-state index in [1.165, 1.54) is 6.04 Å². The summed E-state index contributed by atoms with van der Waals surface area (Å²) in [7, 11) is 4.34. The van der Waals surface area contributed by atoms with Crippen LogP contribution in [0.3, 0.4) is 0 Å². The highest BCUT2D eigenvalue weighted by Gasteiger charge is 2.47. The van der Waals surface area contributed by atoms with Gasteiger partial charge in [-0.3, -0.25) is 9.80 Å². The first kappa shape index (κ1) is 38.0. The van der Waals surface area contributed by atoms with E-state index in [4.69, 9.17) is 15.0 Å². The van der Waals surface area contributed by atoms with Crippen LogP contribution >= 0.6 is 0 Å². The number of piperidine rings is 2. The Morgan fingerprint density at radius 2 is 1.04 bits per heavy atom. The number of aromatic nitrogens is 3. The molecular weight excluding hydrogens is 573 g/mol. The third-order valence-corrected chi connectivity index (χ3v) is 12.6. The van der Waals surface area contributed by atoms with E-state index >= 15 is 0 Å². The number of nitrogens with one attached hydrogen (secondary N) is 1. The van der Waals surface area contributed by atoms with Gasteiger partial charge in [0, 0.05) is 62.7 Å². The van der Waals surface area contributed by atoms with E-state index in [2.05, 4.69) is 121 Å². The third kappa shape index (κ3) is 9.56. The first-order valence-corrected chi connectivity index (χ1v) is 20.9. The summed E-state index contributed by atoms with van der Waals surface area (Å²) in [5.74, 6) is 2.47. The molecule has 0 spiro atoms. The lowest BCUT2D eigenvalue weighted by molar-refractivity contribution is -0.0130. The molecule has 1 N–H and O–H groups in total. The van der Waals surface area contributed by atoms with Gasteiger partial charge in [0.05, 0.1) is 0 Å². The Labute approximate surface area is 280 Å². The maximum Gasteiger partial charge on any atom is 0.232 e. The summed E-state index contributed by atoms with van der Waals surface area (Å²) >= 11 is 0. The lowest BCUT2D eigenvalue weighted by Crippen LogP contribution is -2.63. The molecular formula is C36H71N8Si. The number of anilines is 3. The number of hydrogen-bond acceptors (Lipinski definition) is 8. The van der Waals surface area contributed by atoms with Gasteiger partial charge in [0.1, 0.15) is 0 Å². The molecule has 2 fully saturated rings. The molecule has 3 rings (SSSR count). The van der Waals surface area contributed by atoms with E-state index in [1.54, 1.807) is 0 Å². The number of likely N-dealkylation sites (tertiary alicyclic amines) is 2. The van der Waals surface area contributed by atoms with Crippen molar-refractivity contribution in [2.75, 3.05) is 48.8 Å². The highest BCUT2D eigenvalue weighted by atomic mass is 28.3. The second kappa shape index (κ2) is 15.2. The van der Waals surface area contributed by atoms with E-state index in [1.807, 2.05) is 0 Å². The van der Waals surface area contributed by atoms with Crippen molar-refractivity contribution in [3.05, 3.63) is 0 Å². The van der Waals surface area contributed by atoms with Crippen molar-refractivity contribution in [1.29, 1.82) is 0 Å². The summed E-state index contributed by atoms with van der Waals surface area (Å²) in [6, 6.07) is 2.04. The van der Waals surface area contributed by atoms with Crippen molar-refractivity contribution in [1.82, 2.24) is 24.8 Å². The fourth-order valence-electron chi connectivity index (χ4n) is 7.96. The number of hydrogen-bond donors (Lipinski definition) is 1. The maximum atomic E-state index is 5.44. The molecule has 0 unspecified atom stereocenters. The fourth-order valence-corrected chi connectivity index (χ4v) is 8.84. The van der Waals surface area contributed by atoms with Crippen LogP contribution in [0.1, 0.15) is 127 Å². The Morgan fingerprint density at radius 1 is 0.667 bits per heavy atom. The first-order chi connectivity index (χ1) is 20.8. The van der Waals surface area contributed by atoms with Gasteiger partial charge in [0.2, 0.25) is 17.8 Å². The van der Waals surface area contributed by atoms with Crippen molar-refractivity contribution in [3.63, 3.8) is 0 Å². The summed E-state index contributed by atoms with van der Waals surface area (Å²) < 4.78 is 0. The average molecular weight is 644 g/mol. The van der Waals surface area contributed by atoms with Gasteiger partial charge >= 0.3 is 0 Å². The van der Waals surface area contributed by atoms with Crippen molar-refractivity contribution >= 4 is 26.6 Å². The molecule has 259 valence electrons. The van der Waals surface area contributed by atoms with Crippen molar-refractivity contribution in [3.8, 4) is 0 Å². The minimum absolute atomic E-state index is 0.0893. The predicted molar refractivity (Wildman–Crippen MR) is 198 cm³/mol. The first-order valence-electron chi connectivity index (χ1n) is 18.1. The van der Waals surface area contributed by atoms with Crippen LogP contribution in [-0.4, -0.2) is 102 Å². The molecule has 9 heteroatoms. The molecule has 45 heavy (non-hydrogen) atoms. The zero-order chi connectivity index (χ0) is 33.8. The predicted octanol–water partition coefficient (Wildman–Crippen LogP) is 7.94. The Bertz CT molecular complexity index is 963. The summed E-state index contributed by atoms with van der Waals surface area (Å²) in [4.78, 5) is 26.2. The standard InChI is InChI=1S/C36H71N8Si/c1-15-17-21-43(28-24-33(3,4)41(11)34(5,6)25-28)31-38-30(37-20-19-23-45(13)14)39-32(40-31)44(22-18-16-2)29-26-35(7,8)42(12)36(9,10)27-29/h28-29H,15-27H2,1-14H3,(H,37,38,39,40). The molecule has 1 radical (unpaired) electrons. The van der Waals surface area contributed by atoms with E-state index in [9.17, 15) is 0 Å². The van der Waals surface area contributed by atoms with Gasteiger partial charge in [-0.05, 0) is 114 Å². The summed E-state index contributed by atoms with van der Waals surface area (Å²) in [5.41, 5.74) is 0.357. The quantitative estimate of drug-likeness (QED) is 0.153. The van der Waals surface area contributed by atoms with Gasteiger partial charge in [0.15, 0.2) is 0 Å². The van der Waals surface area contributed by atoms with Crippen molar-refractivity contribution in [2.45, 2.75) is 180 Å². The van der Waals surface area contributed by atoms with E-state index in [0.29, 0.717) is 12.1 Å². The zero-order valence-corrected chi connectivity index (χ0v) is 33.0. The molecule has 0 atom stereocenters. The molecule has 8 nitrogen and oxygen atoms in total. The van der Waals surface area contributed by atoms with E-state index in [0.717, 1.165) is 95.3 Å². The molecule has 0 amide bonds. The maximum absolute atomic E-state index is 5.44. The third-order valence-electron chi connectivity index (χ3n) is 11.2. The molecule has 2 aliphatic heterocycles. The molecule has 2 aliphatic rings. The number of unbranched alkanes of at least 4 members (excludes halogenated alkanes) is 2. The molecule has 1 aromatic rings. The molecule has 0 saturated carbocycles. The largest absolute Gasteiger partial charge is 0.354 e. The van der Waals surface area contributed by atoms with Crippen LogP contribution < -0.4 is 15.1 Å². The minimum Gasteiger partial charge on any atom is -0.354 e. The van der Waals surface area contributed by atoms with E-state index in [-0.39, 0.29) is 31.0 Å². The topological polar surface area (TPSA) is 63.7 Å². The van der Waals surface area contributed by atoms with Crippen LogP contribution in [0.2, 0.25) is 19.1 Å². The number of rotatable bonds is 15. The molecule has 0 bridgehead atoms. The average Bonchev–Trinajstić information content (AvgIpc) is 2.92. The monoisotopic (exact) mass is 644 g/mol. The highest BCUT2D eigenvalue weighted by molar-refractivity contribution is 6.55. The van der Waals surface area contributed by atoms with Gasteiger partial charge in [-0.15, -0.1) is 0 Å². The van der Waals surface area contributed by atoms with Crippen molar-refractivity contribution < 1.29 is 0 Å². The number of nitrogens with zero attached hydrogens (tertiary/aromatic N) is 7. The Kier molecular flexibility index (Phi) is 12.8. The van der Waals surface area contributed by atoms with Crippen LogP contribution in [0.4, 0.5) is 17.8 Å². The second-order valence-corrected chi connectivity index (χ2v) is 20.0. The molecule has 1 aromatic heterocycles. The Morgan fingerprint density at radius 3 is 1.38 bits per heavy atom.